The number of halogens is 1. The molecule has 1 aromatic carbocycles. The van der Waals surface area contributed by atoms with Gasteiger partial charge in [-0.3, -0.25) is 10.2 Å². The number of rotatable bonds is 2. The van der Waals surface area contributed by atoms with E-state index >= 15 is 0 Å². The van der Waals surface area contributed by atoms with Gasteiger partial charge in [0.2, 0.25) is 0 Å². The molecule has 0 aliphatic carbocycles. The van der Waals surface area contributed by atoms with Crippen LogP contribution in [0.5, 0.6) is 0 Å². The van der Waals surface area contributed by atoms with Crippen LogP contribution in [-0.2, 0) is 0 Å². The highest BCUT2D eigenvalue weighted by molar-refractivity contribution is 6.30. The standard InChI is InChI=1S/C13H12ClN3O3/c1-8-11(5-6-20-8)12(18)16-17-13(19)15-10-4-2-3-9(14)7-10/h2-7H,1H3,(H,16,18)(H2,15,17,19). The topological polar surface area (TPSA) is 83.4 Å². The van der Waals surface area contributed by atoms with Crippen molar-refractivity contribution in [1.29, 1.82) is 0 Å². The predicted octanol–water partition coefficient (Wildman–Crippen LogP) is 2.71. The van der Waals surface area contributed by atoms with E-state index < -0.39 is 11.9 Å². The number of aryl methyl sites for hydroxylation is 1. The zero-order chi connectivity index (χ0) is 14.5. The van der Waals surface area contributed by atoms with Crippen LogP contribution in [0.2, 0.25) is 5.02 Å². The second-order valence-corrected chi connectivity index (χ2v) is 4.37. The molecule has 6 nitrogen and oxygen atoms in total. The van der Waals surface area contributed by atoms with Gasteiger partial charge in [0.25, 0.3) is 5.91 Å². The van der Waals surface area contributed by atoms with Crippen molar-refractivity contribution in [2.24, 2.45) is 0 Å². The molecule has 0 aliphatic rings. The van der Waals surface area contributed by atoms with E-state index in [1.165, 1.54) is 12.3 Å². The number of benzene rings is 1. The molecule has 0 bridgehead atoms. The lowest BCUT2D eigenvalue weighted by atomic mass is 10.2. The molecule has 20 heavy (non-hydrogen) atoms. The highest BCUT2D eigenvalue weighted by Gasteiger charge is 2.12. The summed E-state index contributed by atoms with van der Waals surface area (Å²) in [6.07, 6.45) is 1.40. The van der Waals surface area contributed by atoms with Crippen LogP contribution >= 0.6 is 11.6 Å². The fourth-order valence-electron chi connectivity index (χ4n) is 1.53. The van der Waals surface area contributed by atoms with Gasteiger partial charge >= 0.3 is 6.03 Å². The van der Waals surface area contributed by atoms with Crippen LogP contribution in [0.1, 0.15) is 16.1 Å². The van der Waals surface area contributed by atoms with Crippen molar-refractivity contribution < 1.29 is 14.0 Å². The van der Waals surface area contributed by atoms with Crippen LogP contribution in [0.3, 0.4) is 0 Å². The largest absolute Gasteiger partial charge is 0.469 e. The smallest absolute Gasteiger partial charge is 0.337 e. The number of anilines is 1. The molecule has 0 saturated heterocycles. The minimum absolute atomic E-state index is 0.355. The van der Waals surface area contributed by atoms with E-state index in [-0.39, 0.29) is 0 Å². The first-order valence-electron chi connectivity index (χ1n) is 5.73. The molecule has 7 heteroatoms. The lowest BCUT2D eigenvalue weighted by Crippen LogP contribution is -2.43. The van der Waals surface area contributed by atoms with Crippen LogP contribution in [-0.4, -0.2) is 11.9 Å². The zero-order valence-corrected chi connectivity index (χ0v) is 11.3. The number of hydrogen-bond acceptors (Lipinski definition) is 3. The lowest BCUT2D eigenvalue weighted by Gasteiger charge is -2.08. The Morgan fingerprint density at radius 3 is 2.65 bits per heavy atom. The third-order valence-electron chi connectivity index (χ3n) is 2.48. The first-order chi connectivity index (χ1) is 9.56. The number of urea groups is 1. The highest BCUT2D eigenvalue weighted by Crippen LogP contribution is 2.14. The number of hydrogen-bond donors (Lipinski definition) is 3. The summed E-state index contributed by atoms with van der Waals surface area (Å²) < 4.78 is 5.00. The summed E-state index contributed by atoms with van der Waals surface area (Å²) in [6.45, 7) is 1.65. The molecule has 0 saturated carbocycles. The van der Waals surface area contributed by atoms with Crippen LogP contribution in [0, 0.1) is 6.92 Å². The number of amides is 3. The molecule has 2 aromatic rings. The predicted molar refractivity (Wildman–Crippen MR) is 74.5 cm³/mol. The molecule has 3 amide bonds. The number of hydrazine groups is 1. The Morgan fingerprint density at radius 1 is 1.20 bits per heavy atom. The van der Waals surface area contributed by atoms with Gasteiger partial charge in [-0.05, 0) is 31.2 Å². The molecule has 0 atom stereocenters. The maximum atomic E-state index is 11.7. The van der Waals surface area contributed by atoms with E-state index in [2.05, 4.69) is 16.2 Å². The fourth-order valence-corrected chi connectivity index (χ4v) is 1.72. The highest BCUT2D eigenvalue weighted by atomic mass is 35.5. The van der Waals surface area contributed by atoms with E-state index in [0.29, 0.717) is 22.0 Å². The Morgan fingerprint density at radius 2 is 2.00 bits per heavy atom. The van der Waals surface area contributed by atoms with E-state index in [0.717, 1.165) is 0 Å². The summed E-state index contributed by atoms with van der Waals surface area (Å²) in [4.78, 5) is 23.3. The van der Waals surface area contributed by atoms with Gasteiger partial charge in [-0.15, -0.1) is 0 Å². The van der Waals surface area contributed by atoms with E-state index in [1.807, 2.05) is 0 Å². The van der Waals surface area contributed by atoms with Crippen LogP contribution in [0.15, 0.2) is 41.0 Å². The Hall–Kier alpha value is -2.47. The second kappa shape index (κ2) is 6.12. The SMILES string of the molecule is Cc1occc1C(=O)NNC(=O)Nc1cccc(Cl)c1. The van der Waals surface area contributed by atoms with Gasteiger partial charge in [-0.1, -0.05) is 17.7 Å². The average Bonchev–Trinajstić information content (AvgIpc) is 2.82. The summed E-state index contributed by atoms with van der Waals surface area (Å²) in [7, 11) is 0. The van der Waals surface area contributed by atoms with Crippen molar-refractivity contribution in [1.82, 2.24) is 10.9 Å². The summed E-state index contributed by atoms with van der Waals surface area (Å²) in [6, 6.07) is 7.58. The van der Waals surface area contributed by atoms with Crippen molar-refractivity contribution in [2.75, 3.05) is 5.32 Å². The fraction of sp³-hybridized carbons (Fsp3) is 0.0769. The first-order valence-corrected chi connectivity index (χ1v) is 6.11. The molecule has 0 fully saturated rings. The van der Waals surface area contributed by atoms with Gasteiger partial charge in [0.1, 0.15) is 5.76 Å². The minimum Gasteiger partial charge on any atom is -0.469 e. The number of nitrogens with one attached hydrogen (secondary N) is 3. The van der Waals surface area contributed by atoms with Gasteiger partial charge < -0.3 is 9.73 Å². The third kappa shape index (κ3) is 3.52. The van der Waals surface area contributed by atoms with Gasteiger partial charge in [-0.2, -0.15) is 0 Å². The Balaban J connectivity index is 1.87. The van der Waals surface area contributed by atoms with Crippen molar-refractivity contribution >= 4 is 29.2 Å². The van der Waals surface area contributed by atoms with Crippen molar-refractivity contribution in [3.8, 4) is 0 Å². The van der Waals surface area contributed by atoms with E-state index in [1.54, 1.807) is 31.2 Å². The van der Waals surface area contributed by atoms with E-state index in [9.17, 15) is 9.59 Å². The minimum atomic E-state index is -0.582. The monoisotopic (exact) mass is 293 g/mol. The normalized spacial score (nSPS) is 9.90. The molecule has 1 heterocycles. The van der Waals surface area contributed by atoms with E-state index in [4.69, 9.17) is 16.0 Å². The summed E-state index contributed by atoms with van der Waals surface area (Å²) >= 11 is 5.79. The van der Waals surface area contributed by atoms with Gasteiger partial charge in [0.05, 0.1) is 11.8 Å². The quantitative estimate of drug-likeness (QED) is 0.744. The van der Waals surface area contributed by atoms with Gasteiger partial charge in [0.15, 0.2) is 0 Å². The molecule has 0 spiro atoms. The second-order valence-electron chi connectivity index (χ2n) is 3.93. The molecule has 104 valence electrons. The molecule has 3 N–H and O–H groups in total. The Kier molecular flexibility index (Phi) is 4.27. The average molecular weight is 294 g/mol. The first kappa shape index (κ1) is 14.0. The van der Waals surface area contributed by atoms with Gasteiger partial charge in [0, 0.05) is 10.7 Å². The molecule has 0 radical (unpaired) electrons. The summed E-state index contributed by atoms with van der Waals surface area (Å²) in [5, 5.41) is 3.03. The Bertz CT molecular complexity index is 639. The van der Waals surface area contributed by atoms with Crippen LogP contribution in [0.25, 0.3) is 0 Å². The molecule has 1 aromatic heterocycles. The summed E-state index contributed by atoms with van der Waals surface area (Å²) in [5.41, 5.74) is 5.37. The maximum absolute atomic E-state index is 11.7. The molecule has 2 rings (SSSR count). The summed E-state index contributed by atoms with van der Waals surface area (Å²) in [5.74, 6) is 0.0112. The molecular formula is C13H12ClN3O3. The third-order valence-corrected chi connectivity index (χ3v) is 2.71. The van der Waals surface area contributed by atoms with Crippen molar-refractivity contribution in [3.05, 3.63) is 52.9 Å². The molecular weight excluding hydrogens is 282 g/mol. The number of carbonyl (C=O) groups excluding carboxylic acids is 2. The number of carbonyl (C=O) groups is 2. The van der Waals surface area contributed by atoms with Gasteiger partial charge in [-0.25, -0.2) is 10.2 Å². The van der Waals surface area contributed by atoms with Crippen molar-refractivity contribution in [2.45, 2.75) is 6.92 Å². The molecule has 0 aliphatic heterocycles. The number of furan rings is 1. The maximum Gasteiger partial charge on any atom is 0.337 e. The van der Waals surface area contributed by atoms with Crippen molar-refractivity contribution in [3.63, 3.8) is 0 Å². The molecule has 0 unspecified atom stereocenters. The zero-order valence-electron chi connectivity index (χ0n) is 10.6. The van der Waals surface area contributed by atoms with Crippen LogP contribution < -0.4 is 16.2 Å². The Labute approximate surface area is 120 Å². The lowest BCUT2D eigenvalue weighted by molar-refractivity contribution is 0.0936. The van der Waals surface area contributed by atoms with Crippen LogP contribution in [0.4, 0.5) is 10.5 Å².